The Morgan fingerprint density at radius 1 is 1.23 bits per heavy atom. The molecule has 1 saturated carbocycles. The molecule has 0 unspecified atom stereocenters. The molecule has 0 atom stereocenters. The number of nitrogens with zero attached hydrogens (tertiary/aromatic N) is 3. The zero-order valence-electron chi connectivity index (χ0n) is 11.8. The normalized spacial score (nSPS) is 16.5. The van der Waals surface area contributed by atoms with Gasteiger partial charge in [-0.05, 0) is 36.6 Å². The molecule has 0 N–H and O–H groups in total. The van der Waals surface area contributed by atoms with Crippen molar-refractivity contribution < 1.29 is 9.26 Å². The van der Waals surface area contributed by atoms with Crippen molar-refractivity contribution in [1.82, 2.24) is 15.1 Å². The molecule has 0 bridgehead atoms. The molecule has 2 aromatic heterocycles. The average Bonchev–Trinajstić information content (AvgIpc) is 3.00. The first-order chi connectivity index (χ1) is 10.9. The minimum atomic E-state index is 0.578. The quantitative estimate of drug-likeness (QED) is 0.738. The van der Waals surface area contributed by atoms with Crippen LogP contribution in [-0.2, 0) is 6.42 Å². The lowest BCUT2D eigenvalue weighted by molar-refractivity contribution is 0.357. The summed E-state index contributed by atoms with van der Waals surface area (Å²) >= 11 is 1.57. The van der Waals surface area contributed by atoms with Crippen molar-refractivity contribution in [2.75, 3.05) is 6.61 Å². The van der Waals surface area contributed by atoms with Crippen LogP contribution < -0.4 is 4.74 Å². The summed E-state index contributed by atoms with van der Waals surface area (Å²) < 4.78 is 11.0. The molecule has 6 heteroatoms. The Morgan fingerprint density at radius 2 is 2.18 bits per heavy atom. The predicted octanol–water partition coefficient (Wildman–Crippen LogP) is 3.67. The van der Waals surface area contributed by atoms with Gasteiger partial charge in [-0.15, -0.1) is 11.3 Å². The third kappa shape index (κ3) is 1.94. The van der Waals surface area contributed by atoms with E-state index in [0.717, 1.165) is 34.9 Å². The smallest absolute Gasteiger partial charge is 0.270 e. The van der Waals surface area contributed by atoms with E-state index >= 15 is 0 Å². The second-order valence-corrected chi connectivity index (χ2v) is 6.54. The molecule has 1 fully saturated rings. The summed E-state index contributed by atoms with van der Waals surface area (Å²) in [6.07, 6.45) is 3.36. The van der Waals surface area contributed by atoms with Crippen LogP contribution in [0.3, 0.4) is 0 Å². The zero-order valence-corrected chi connectivity index (χ0v) is 12.6. The van der Waals surface area contributed by atoms with Crippen LogP contribution in [0.15, 0.2) is 28.2 Å². The molecular formula is C16H13N3O2S. The monoisotopic (exact) mass is 311 g/mol. The SMILES string of the molecule is c1nc(C2CC2)c(-c2nc(-c3ccc4c(c3)CCO4)no2)s1. The van der Waals surface area contributed by atoms with Gasteiger partial charge in [0.15, 0.2) is 0 Å². The van der Waals surface area contributed by atoms with E-state index in [2.05, 4.69) is 21.2 Å². The highest BCUT2D eigenvalue weighted by Gasteiger charge is 2.30. The van der Waals surface area contributed by atoms with E-state index in [4.69, 9.17) is 9.26 Å². The standard InChI is InChI=1S/C16H13N3O2S/c1-2-9(1)13-14(22-8-17-13)16-18-15(19-21-16)11-3-4-12-10(7-11)5-6-20-12/h3-4,7-9H,1-2,5-6H2. The number of aromatic nitrogens is 3. The molecule has 0 amide bonds. The van der Waals surface area contributed by atoms with E-state index in [-0.39, 0.29) is 0 Å². The van der Waals surface area contributed by atoms with Crippen LogP contribution >= 0.6 is 11.3 Å². The van der Waals surface area contributed by atoms with Gasteiger partial charge in [0.1, 0.15) is 10.6 Å². The third-order valence-electron chi connectivity index (χ3n) is 4.13. The highest BCUT2D eigenvalue weighted by Crippen LogP contribution is 2.45. The molecule has 1 aromatic carbocycles. The summed E-state index contributed by atoms with van der Waals surface area (Å²) in [5.74, 6) is 2.75. The van der Waals surface area contributed by atoms with E-state index in [1.165, 1.54) is 18.4 Å². The highest BCUT2D eigenvalue weighted by atomic mass is 32.1. The summed E-state index contributed by atoms with van der Waals surface area (Å²) in [6, 6.07) is 6.05. The van der Waals surface area contributed by atoms with Crippen LogP contribution in [0.25, 0.3) is 22.2 Å². The zero-order chi connectivity index (χ0) is 14.5. The van der Waals surface area contributed by atoms with Crippen molar-refractivity contribution >= 4 is 11.3 Å². The molecule has 3 heterocycles. The van der Waals surface area contributed by atoms with Crippen molar-refractivity contribution in [3.63, 3.8) is 0 Å². The second kappa shape index (κ2) is 4.64. The summed E-state index contributed by atoms with van der Waals surface area (Å²) in [5, 5.41) is 4.14. The van der Waals surface area contributed by atoms with Crippen LogP contribution in [0, 0.1) is 0 Å². The van der Waals surface area contributed by atoms with Gasteiger partial charge in [-0.2, -0.15) is 4.98 Å². The fourth-order valence-electron chi connectivity index (χ4n) is 2.82. The molecule has 5 nitrogen and oxygen atoms in total. The topological polar surface area (TPSA) is 61.0 Å². The largest absolute Gasteiger partial charge is 0.493 e. The maximum Gasteiger partial charge on any atom is 0.270 e. The first-order valence-corrected chi connectivity index (χ1v) is 8.30. The number of hydrogen-bond acceptors (Lipinski definition) is 6. The third-order valence-corrected chi connectivity index (χ3v) is 4.96. The highest BCUT2D eigenvalue weighted by molar-refractivity contribution is 7.13. The van der Waals surface area contributed by atoms with Gasteiger partial charge in [0.25, 0.3) is 5.89 Å². The van der Waals surface area contributed by atoms with E-state index in [0.29, 0.717) is 17.6 Å². The molecule has 0 saturated heterocycles. The molecule has 5 rings (SSSR count). The van der Waals surface area contributed by atoms with Gasteiger partial charge in [-0.25, -0.2) is 4.98 Å². The van der Waals surface area contributed by atoms with Crippen LogP contribution in [0.5, 0.6) is 5.75 Å². The Morgan fingerprint density at radius 3 is 3.09 bits per heavy atom. The average molecular weight is 311 g/mol. The second-order valence-electron chi connectivity index (χ2n) is 5.69. The number of benzene rings is 1. The van der Waals surface area contributed by atoms with E-state index < -0.39 is 0 Å². The molecule has 3 aromatic rings. The first-order valence-electron chi connectivity index (χ1n) is 7.42. The van der Waals surface area contributed by atoms with E-state index in [1.807, 2.05) is 17.6 Å². The Labute approximate surface area is 131 Å². The Balaban J connectivity index is 1.52. The molecule has 1 aliphatic carbocycles. The molecule has 0 spiro atoms. The minimum absolute atomic E-state index is 0.578. The summed E-state index contributed by atoms with van der Waals surface area (Å²) in [5.41, 5.74) is 5.15. The van der Waals surface area contributed by atoms with Crippen LogP contribution in [0.1, 0.15) is 30.0 Å². The van der Waals surface area contributed by atoms with Gasteiger partial charge in [0, 0.05) is 17.9 Å². The summed E-state index contributed by atoms with van der Waals surface area (Å²) in [4.78, 5) is 10.0. The minimum Gasteiger partial charge on any atom is -0.493 e. The van der Waals surface area contributed by atoms with Crippen molar-refractivity contribution in [2.24, 2.45) is 0 Å². The van der Waals surface area contributed by atoms with Crippen molar-refractivity contribution in [3.05, 3.63) is 35.0 Å². The van der Waals surface area contributed by atoms with Gasteiger partial charge in [-0.1, -0.05) is 5.16 Å². The fourth-order valence-corrected chi connectivity index (χ4v) is 3.62. The Kier molecular flexibility index (Phi) is 2.61. The van der Waals surface area contributed by atoms with Crippen molar-refractivity contribution in [2.45, 2.75) is 25.2 Å². The van der Waals surface area contributed by atoms with Gasteiger partial charge in [0.05, 0.1) is 17.8 Å². The Bertz CT molecular complexity index is 851. The van der Waals surface area contributed by atoms with E-state index in [9.17, 15) is 0 Å². The van der Waals surface area contributed by atoms with Crippen molar-refractivity contribution in [3.8, 4) is 27.9 Å². The molecule has 110 valence electrons. The molecular weight excluding hydrogens is 298 g/mol. The number of rotatable bonds is 3. The van der Waals surface area contributed by atoms with Crippen LogP contribution in [-0.4, -0.2) is 21.7 Å². The van der Waals surface area contributed by atoms with Gasteiger partial charge < -0.3 is 9.26 Å². The maximum atomic E-state index is 5.53. The first kappa shape index (κ1) is 12.3. The number of hydrogen-bond donors (Lipinski definition) is 0. The lowest BCUT2D eigenvalue weighted by Crippen LogP contribution is -1.85. The summed E-state index contributed by atoms with van der Waals surface area (Å²) in [7, 11) is 0. The van der Waals surface area contributed by atoms with Gasteiger partial charge in [-0.3, -0.25) is 0 Å². The predicted molar refractivity (Wildman–Crippen MR) is 82.0 cm³/mol. The van der Waals surface area contributed by atoms with Gasteiger partial charge in [0.2, 0.25) is 5.82 Å². The van der Waals surface area contributed by atoms with E-state index in [1.54, 1.807) is 11.3 Å². The molecule has 2 aliphatic rings. The number of fused-ring (bicyclic) bond motifs is 1. The molecule has 0 radical (unpaired) electrons. The van der Waals surface area contributed by atoms with Crippen LogP contribution in [0.2, 0.25) is 0 Å². The number of ether oxygens (including phenoxy) is 1. The fraction of sp³-hybridized carbons (Fsp3) is 0.312. The van der Waals surface area contributed by atoms with Gasteiger partial charge >= 0.3 is 0 Å². The lowest BCUT2D eigenvalue weighted by Gasteiger charge is -1.99. The molecule has 22 heavy (non-hydrogen) atoms. The molecule has 1 aliphatic heterocycles. The van der Waals surface area contributed by atoms with Crippen molar-refractivity contribution in [1.29, 1.82) is 0 Å². The van der Waals surface area contributed by atoms with Crippen LogP contribution in [0.4, 0.5) is 0 Å². The number of thiazole rings is 1. The summed E-state index contributed by atoms with van der Waals surface area (Å²) in [6.45, 7) is 0.752. The Hall–Kier alpha value is -2.21. The maximum absolute atomic E-state index is 5.53. The lowest BCUT2D eigenvalue weighted by atomic mass is 10.1.